The summed E-state index contributed by atoms with van der Waals surface area (Å²) in [7, 11) is -2.18. The van der Waals surface area contributed by atoms with Gasteiger partial charge in [-0.2, -0.15) is 0 Å². The van der Waals surface area contributed by atoms with E-state index in [2.05, 4.69) is 15.4 Å². The Morgan fingerprint density at radius 2 is 1.55 bits per heavy atom. The fraction of sp³-hybridized carbons (Fsp3) is 0.452. The van der Waals surface area contributed by atoms with Crippen molar-refractivity contribution >= 4 is 32.9 Å². The van der Waals surface area contributed by atoms with E-state index in [0.29, 0.717) is 60.5 Å². The van der Waals surface area contributed by atoms with Crippen LogP contribution in [0, 0.1) is 11.8 Å². The summed E-state index contributed by atoms with van der Waals surface area (Å²) < 4.78 is 37.3. The molecule has 2 aromatic carbocycles. The molecule has 2 aliphatic rings. The molecule has 0 spiro atoms. The number of alkyl carbamates (subject to hydrolysis) is 1. The third-order valence-corrected chi connectivity index (χ3v) is 9.61. The van der Waals surface area contributed by atoms with Gasteiger partial charge in [0, 0.05) is 36.9 Å². The van der Waals surface area contributed by atoms with Crippen molar-refractivity contribution in [3.05, 3.63) is 60.2 Å². The Morgan fingerprint density at radius 3 is 2.21 bits per heavy atom. The lowest BCUT2D eigenvalue weighted by atomic mass is 9.82. The lowest BCUT2D eigenvalue weighted by Crippen LogP contribution is -2.37. The van der Waals surface area contributed by atoms with Crippen LogP contribution in [-0.2, 0) is 19.5 Å². The molecule has 1 saturated carbocycles. The van der Waals surface area contributed by atoms with Crippen LogP contribution in [0.25, 0.3) is 22.2 Å². The molecule has 2 fully saturated rings. The van der Waals surface area contributed by atoms with Crippen molar-refractivity contribution in [3.8, 4) is 11.3 Å². The van der Waals surface area contributed by atoms with Gasteiger partial charge in [-0.3, -0.25) is 4.79 Å². The van der Waals surface area contributed by atoms with Gasteiger partial charge in [-0.15, -0.1) is 0 Å². The Morgan fingerprint density at radius 1 is 0.905 bits per heavy atom. The molecule has 2 amide bonds. The number of hydrogen-bond acceptors (Lipinski definition) is 7. The maximum Gasteiger partial charge on any atom is 0.407 e. The zero-order chi connectivity index (χ0) is 29.5. The number of para-hydroxylation sites is 1. The Labute approximate surface area is 246 Å². The Bertz CT molecular complexity index is 1500. The smallest absolute Gasteiger partial charge is 0.407 e. The maximum absolute atomic E-state index is 13.4. The molecule has 1 aliphatic carbocycles. The lowest BCUT2D eigenvalue weighted by molar-refractivity contribution is 0.00123. The van der Waals surface area contributed by atoms with Gasteiger partial charge in [0.15, 0.2) is 0 Å². The van der Waals surface area contributed by atoms with Crippen LogP contribution in [0.5, 0.6) is 0 Å². The van der Waals surface area contributed by atoms with E-state index in [1.807, 2.05) is 24.3 Å². The molecule has 3 aromatic rings. The van der Waals surface area contributed by atoms with Crippen molar-refractivity contribution in [3.63, 3.8) is 0 Å². The van der Waals surface area contributed by atoms with Crippen LogP contribution < -0.4 is 15.4 Å². The summed E-state index contributed by atoms with van der Waals surface area (Å²) in [4.78, 5) is 30.5. The van der Waals surface area contributed by atoms with Gasteiger partial charge < -0.3 is 20.1 Å². The Kier molecular flexibility index (Phi) is 9.71. The van der Waals surface area contributed by atoms with Crippen molar-refractivity contribution in [1.82, 2.24) is 20.3 Å². The first kappa shape index (κ1) is 29.9. The van der Waals surface area contributed by atoms with Crippen molar-refractivity contribution in [2.45, 2.75) is 49.5 Å². The topological polar surface area (TPSA) is 136 Å². The number of nitrogens with zero attached hydrogens (tertiary/aromatic N) is 1. The predicted molar refractivity (Wildman–Crippen MR) is 160 cm³/mol. The first-order valence-corrected chi connectivity index (χ1v) is 16.0. The first-order chi connectivity index (χ1) is 20.3. The summed E-state index contributed by atoms with van der Waals surface area (Å²) in [6, 6.07) is 15.7. The molecule has 0 atom stereocenters. The van der Waals surface area contributed by atoms with E-state index in [1.165, 1.54) is 19.2 Å². The van der Waals surface area contributed by atoms with E-state index in [0.717, 1.165) is 43.9 Å². The molecule has 11 heteroatoms. The highest BCUT2D eigenvalue weighted by molar-refractivity contribution is 7.89. The van der Waals surface area contributed by atoms with Gasteiger partial charge in [0.25, 0.3) is 5.91 Å². The molecule has 42 heavy (non-hydrogen) atoms. The highest BCUT2D eigenvalue weighted by atomic mass is 32.2. The maximum atomic E-state index is 13.4. The lowest BCUT2D eigenvalue weighted by Gasteiger charge is -2.29. The van der Waals surface area contributed by atoms with Gasteiger partial charge in [0.2, 0.25) is 10.0 Å². The Balaban J connectivity index is 1.16. The average molecular weight is 595 g/mol. The minimum Gasteiger partial charge on any atom is -0.446 e. The summed E-state index contributed by atoms with van der Waals surface area (Å²) in [6.45, 7) is 2.45. The molecule has 2 heterocycles. The number of ether oxygens (including phenoxy) is 2. The second-order valence-corrected chi connectivity index (χ2v) is 12.9. The largest absolute Gasteiger partial charge is 0.446 e. The number of hydrogen-bond donors (Lipinski definition) is 3. The minimum atomic E-state index is -3.55. The van der Waals surface area contributed by atoms with E-state index in [1.54, 1.807) is 18.2 Å². The fourth-order valence-electron chi connectivity index (χ4n) is 5.62. The number of carbonyl (C=O) groups excluding carboxylic acids is 2. The standard InChI is InChI=1S/C31H38N4O6S/c1-32-42(38,39)25-12-10-23(11-13-25)29-18-27(26-4-2-3-5-28(26)35-29)30(36)33-19-21-6-8-22(9-7-21)20-34-31(37)41-24-14-16-40-17-15-24/h2-5,10-13,18,21-22,24,32H,6-9,14-17,19-20H2,1H3,(H,33,36)(H,34,37). The monoisotopic (exact) mass is 594 g/mol. The molecule has 0 bridgehead atoms. The van der Waals surface area contributed by atoms with Crippen LogP contribution in [0.2, 0.25) is 0 Å². The highest BCUT2D eigenvalue weighted by Crippen LogP contribution is 2.29. The minimum absolute atomic E-state index is 0.0607. The number of rotatable bonds is 9. The summed E-state index contributed by atoms with van der Waals surface area (Å²) in [5.41, 5.74) is 2.53. The molecule has 0 radical (unpaired) electrons. The van der Waals surface area contributed by atoms with Gasteiger partial charge in [-0.1, -0.05) is 30.3 Å². The number of aromatic nitrogens is 1. The third kappa shape index (κ3) is 7.45. The number of pyridine rings is 1. The van der Waals surface area contributed by atoms with Crippen LogP contribution in [-0.4, -0.2) is 64.9 Å². The number of sulfonamides is 1. The first-order valence-electron chi connectivity index (χ1n) is 14.6. The number of benzene rings is 2. The van der Waals surface area contributed by atoms with Crippen LogP contribution in [0.15, 0.2) is 59.5 Å². The molecule has 1 aliphatic heterocycles. The van der Waals surface area contributed by atoms with Crippen LogP contribution >= 0.6 is 0 Å². The van der Waals surface area contributed by atoms with Crippen LogP contribution in [0.1, 0.15) is 48.9 Å². The number of nitrogens with one attached hydrogen (secondary N) is 3. The molecule has 224 valence electrons. The third-order valence-electron chi connectivity index (χ3n) is 8.18. The molecular formula is C31H38N4O6S. The average Bonchev–Trinajstić information content (AvgIpc) is 3.03. The zero-order valence-corrected chi connectivity index (χ0v) is 24.6. The summed E-state index contributed by atoms with van der Waals surface area (Å²) in [5.74, 6) is 0.609. The normalized spacial score (nSPS) is 19.7. The van der Waals surface area contributed by atoms with Crippen molar-refractivity contribution < 1.29 is 27.5 Å². The zero-order valence-electron chi connectivity index (χ0n) is 23.8. The van der Waals surface area contributed by atoms with Gasteiger partial charge in [0.05, 0.1) is 34.9 Å². The molecule has 0 unspecified atom stereocenters. The molecule has 5 rings (SSSR count). The number of amides is 2. The van der Waals surface area contributed by atoms with Gasteiger partial charge in [-0.05, 0) is 68.8 Å². The van der Waals surface area contributed by atoms with E-state index in [4.69, 9.17) is 14.5 Å². The van der Waals surface area contributed by atoms with E-state index in [9.17, 15) is 18.0 Å². The quantitative estimate of drug-likeness (QED) is 0.337. The Hall–Kier alpha value is -3.54. The molecule has 1 saturated heterocycles. The fourth-order valence-corrected chi connectivity index (χ4v) is 6.35. The van der Waals surface area contributed by atoms with Crippen LogP contribution in [0.3, 0.4) is 0 Å². The molecule has 1 aromatic heterocycles. The molecular weight excluding hydrogens is 556 g/mol. The van der Waals surface area contributed by atoms with Gasteiger partial charge >= 0.3 is 6.09 Å². The second-order valence-electron chi connectivity index (χ2n) is 11.0. The SMILES string of the molecule is CNS(=O)(=O)c1ccc(-c2cc(C(=O)NCC3CCC(CNC(=O)OC4CCOCC4)CC3)c3ccccc3n2)cc1. The molecule has 10 nitrogen and oxygen atoms in total. The number of fused-ring (bicyclic) bond motifs is 1. The second kappa shape index (κ2) is 13.6. The summed E-state index contributed by atoms with van der Waals surface area (Å²) in [5, 5.41) is 6.82. The predicted octanol–water partition coefficient (Wildman–Crippen LogP) is 4.25. The summed E-state index contributed by atoms with van der Waals surface area (Å²) >= 11 is 0. The van der Waals surface area contributed by atoms with Gasteiger partial charge in [0.1, 0.15) is 6.10 Å². The van der Waals surface area contributed by atoms with Crippen molar-refractivity contribution in [1.29, 1.82) is 0 Å². The van der Waals surface area contributed by atoms with E-state index in [-0.39, 0.29) is 23.0 Å². The van der Waals surface area contributed by atoms with Gasteiger partial charge in [-0.25, -0.2) is 22.9 Å². The van der Waals surface area contributed by atoms with E-state index < -0.39 is 10.0 Å². The highest BCUT2D eigenvalue weighted by Gasteiger charge is 2.24. The van der Waals surface area contributed by atoms with E-state index >= 15 is 0 Å². The van der Waals surface area contributed by atoms with Crippen molar-refractivity contribution in [2.75, 3.05) is 33.4 Å². The van der Waals surface area contributed by atoms with Crippen LogP contribution in [0.4, 0.5) is 4.79 Å². The summed E-state index contributed by atoms with van der Waals surface area (Å²) in [6.07, 6.45) is 5.01. The molecule has 3 N–H and O–H groups in total. The number of carbonyl (C=O) groups is 2. The van der Waals surface area contributed by atoms with Crippen molar-refractivity contribution in [2.24, 2.45) is 11.8 Å².